The Kier molecular flexibility index (Phi) is 6.60. The molecule has 96 valence electrons. The fourth-order valence-corrected chi connectivity index (χ4v) is 1.48. The molecule has 0 heterocycles. The standard InChI is InChI=1S/C12H24O4/c1-5-9(6-12(2,3)4)11(15)16-8-10(14)7-13/h9-10,13-14H,5-8H2,1-4H3. The number of hydrogen-bond donors (Lipinski definition) is 2. The molecule has 0 aromatic heterocycles. The molecule has 2 unspecified atom stereocenters. The summed E-state index contributed by atoms with van der Waals surface area (Å²) in [6.07, 6.45) is 0.513. The molecule has 2 atom stereocenters. The number of hydrogen-bond acceptors (Lipinski definition) is 4. The Labute approximate surface area is 97.6 Å². The van der Waals surface area contributed by atoms with Gasteiger partial charge in [0.2, 0.25) is 0 Å². The molecule has 0 amide bonds. The first-order chi connectivity index (χ1) is 7.30. The van der Waals surface area contributed by atoms with Crippen molar-refractivity contribution in [3.8, 4) is 0 Å². The van der Waals surface area contributed by atoms with E-state index in [2.05, 4.69) is 20.8 Å². The van der Waals surface area contributed by atoms with Crippen LogP contribution in [0.15, 0.2) is 0 Å². The first-order valence-corrected chi connectivity index (χ1v) is 5.75. The van der Waals surface area contributed by atoms with E-state index in [1.807, 2.05) is 6.92 Å². The van der Waals surface area contributed by atoms with Gasteiger partial charge in [0.05, 0.1) is 12.5 Å². The van der Waals surface area contributed by atoms with Crippen LogP contribution in [0.4, 0.5) is 0 Å². The number of carbonyl (C=O) groups excluding carboxylic acids is 1. The third-order valence-corrected chi connectivity index (χ3v) is 2.31. The van der Waals surface area contributed by atoms with Crippen molar-refractivity contribution in [3.63, 3.8) is 0 Å². The maximum absolute atomic E-state index is 11.7. The van der Waals surface area contributed by atoms with Crippen molar-refractivity contribution >= 4 is 5.97 Å². The monoisotopic (exact) mass is 232 g/mol. The first kappa shape index (κ1) is 15.4. The van der Waals surface area contributed by atoms with E-state index in [0.717, 1.165) is 12.8 Å². The van der Waals surface area contributed by atoms with Gasteiger partial charge in [0.15, 0.2) is 0 Å². The van der Waals surface area contributed by atoms with Crippen LogP contribution in [0.25, 0.3) is 0 Å². The number of rotatable bonds is 6. The molecule has 0 saturated carbocycles. The van der Waals surface area contributed by atoms with Crippen LogP contribution in [0.3, 0.4) is 0 Å². The van der Waals surface area contributed by atoms with E-state index >= 15 is 0 Å². The Morgan fingerprint density at radius 1 is 1.38 bits per heavy atom. The number of esters is 1. The second-order valence-corrected chi connectivity index (χ2v) is 5.34. The zero-order valence-electron chi connectivity index (χ0n) is 10.7. The summed E-state index contributed by atoms with van der Waals surface area (Å²) in [7, 11) is 0. The molecule has 0 aliphatic rings. The molecule has 0 aromatic carbocycles. The number of carbonyl (C=O) groups is 1. The molecule has 0 aromatic rings. The highest BCUT2D eigenvalue weighted by molar-refractivity contribution is 5.72. The third kappa shape index (κ3) is 6.80. The maximum Gasteiger partial charge on any atom is 0.309 e. The normalized spacial score (nSPS) is 15.6. The summed E-state index contributed by atoms with van der Waals surface area (Å²) in [6.45, 7) is 7.65. The molecule has 16 heavy (non-hydrogen) atoms. The number of aliphatic hydroxyl groups excluding tert-OH is 2. The fraction of sp³-hybridized carbons (Fsp3) is 0.917. The molecule has 0 aliphatic heterocycles. The molecule has 2 N–H and O–H groups in total. The fourth-order valence-electron chi connectivity index (χ4n) is 1.48. The SMILES string of the molecule is CCC(CC(C)(C)C)C(=O)OCC(O)CO. The Hall–Kier alpha value is -0.610. The molecular formula is C12H24O4. The van der Waals surface area contributed by atoms with Gasteiger partial charge in [-0.05, 0) is 18.3 Å². The van der Waals surface area contributed by atoms with Crippen LogP contribution >= 0.6 is 0 Å². The van der Waals surface area contributed by atoms with Crippen molar-refractivity contribution in [1.82, 2.24) is 0 Å². The van der Waals surface area contributed by atoms with Gasteiger partial charge in [0.1, 0.15) is 12.7 Å². The molecule has 0 aliphatic carbocycles. The lowest BCUT2D eigenvalue weighted by Crippen LogP contribution is -2.27. The summed E-state index contributed by atoms with van der Waals surface area (Å²) in [5, 5.41) is 17.7. The third-order valence-electron chi connectivity index (χ3n) is 2.31. The minimum Gasteiger partial charge on any atom is -0.463 e. The van der Waals surface area contributed by atoms with Gasteiger partial charge in [-0.15, -0.1) is 0 Å². The van der Waals surface area contributed by atoms with E-state index in [1.165, 1.54) is 0 Å². The molecule has 0 fully saturated rings. The van der Waals surface area contributed by atoms with Gasteiger partial charge in [0, 0.05) is 0 Å². The van der Waals surface area contributed by atoms with Gasteiger partial charge in [0.25, 0.3) is 0 Å². The second kappa shape index (κ2) is 6.86. The Balaban J connectivity index is 4.11. The average molecular weight is 232 g/mol. The van der Waals surface area contributed by atoms with Crippen LogP contribution in [-0.2, 0) is 9.53 Å². The molecule has 0 spiro atoms. The van der Waals surface area contributed by atoms with Gasteiger partial charge in [-0.3, -0.25) is 4.79 Å². The van der Waals surface area contributed by atoms with E-state index in [4.69, 9.17) is 14.9 Å². The number of ether oxygens (including phenoxy) is 1. The van der Waals surface area contributed by atoms with Crippen molar-refractivity contribution < 1.29 is 19.7 Å². The zero-order valence-corrected chi connectivity index (χ0v) is 10.7. The Bertz CT molecular complexity index is 208. The highest BCUT2D eigenvalue weighted by Crippen LogP contribution is 2.26. The molecular weight excluding hydrogens is 208 g/mol. The molecule has 0 bridgehead atoms. The predicted molar refractivity (Wildman–Crippen MR) is 61.9 cm³/mol. The summed E-state index contributed by atoms with van der Waals surface area (Å²) in [5.41, 5.74) is 0.0787. The molecule has 4 heteroatoms. The van der Waals surface area contributed by atoms with E-state index < -0.39 is 6.10 Å². The van der Waals surface area contributed by atoms with Crippen molar-refractivity contribution in [2.24, 2.45) is 11.3 Å². The van der Waals surface area contributed by atoms with E-state index in [-0.39, 0.29) is 30.5 Å². The minimum absolute atomic E-state index is 0.0787. The maximum atomic E-state index is 11.7. The van der Waals surface area contributed by atoms with Crippen LogP contribution < -0.4 is 0 Å². The van der Waals surface area contributed by atoms with Gasteiger partial charge < -0.3 is 14.9 Å². The van der Waals surface area contributed by atoms with Crippen LogP contribution in [0.2, 0.25) is 0 Å². The van der Waals surface area contributed by atoms with E-state index in [9.17, 15) is 4.79 Å². The van der Waals surface area contributed by atoms with Gasteiger partial charge >= 0.3 is 5.97 Å². The molecule has 0 rings (SSSR count). The number of aliphatic hydroxyl groups is 2. The minimum atomic E-state index is -0.976. The summed E-state index contributed by atoms with van der Waals surface area (Å²) in [4.78, 5) is 11.7. The lowest BCUT2D eigenvalue weighted by molar-refractivity contribution is -0.153. The van der Waals surface area contributed by atoms with Crippen molar-refractivity contribution in [1.29, 1.82) is 0 Å². The van der Waals surface area contributed by atoms with Crippen molar-refractivity contribution in [2.45, 2.75) is 46.6 Å². The van der Waals surface area contributed by atoms with Crippen molar-refractivity contribution in [2.75, 3.05) is 13.2 Å². The lowest BCUT2D eigenvalue weighted by Gasteiger charge is -2.24. The quantitative estimate of drug-likeness (QED) is 0.678. The lowest BCUT2D eigenvalue weighted by atomic mass is 9.83. The summed E-state index contributed by atoms with van der Waals surface area (Å²) in [6, 6.07) is 0. The first-order valence-electron chi connectivity index (χ1n) is 5.75. The zero-order chi connectivity index (χ0) is 12.8. The molecule has 0 radical (unpaired) electrons. The summed E-state index contributed by atoms with van der Waals surface area (Å²) in [5.74, 6) is -0.421. The average Bonchev–Trinajstić information content (AvgIpc) is 2.20. The van der Waals surface area contributed by atoms with Crippen LogP contribution in [0.5, 0.6) is 0 Å². The smallest absolute Gasteiger partial charge is 0.309 e. The summed E-state index contributed by atoms with van der Waals surface area (Å²) >= 11 is 0. The van der Waals surface area contributed by atoms with Crippen LogP contribution in [0.1, 0.15) is 40.5 Å². The van der Waals surface area contributed by atoms with Crippen molar-refractivity contribution in [3.05, 3.63) is 0 Å². The topological polar surface area (TPSA) is 66.8 Å². The van der Waals surface area contributed by atoms with Gasteiger partial charge in [-0.2, -0.15) is 0 Å². The molecule has 4 nitrogen and oxygen atoms in total. The van der Waals surface area contributed by atoms with Crippen LogP contribution in [0, 0.1) is 11.3 Å². The van der Waals surface area contributed by atoms with E-state index in [0.29, 0.717) is 0 Å². The molecule has 0 saturated heterocycles. The van der Waals surface area contributed by atoms with E-state index in [1.54, 1.807) is 0 Å². The highest BCUT2D eigenvalue weighted by Gasteiger charge is 2.24. The van der Waals surface area contributed by atoms with Gasteiger partial charge in [-0.25, -0.2) is 0 Å². The second-order valence-electron chi connectivity index (χ2n) is 5.34. The van der Waals surface area contributed by atoms with Gasteiger partial charge in [-0.1, -0.05) is 27.7 Å². The van der Waals surface area contributed by atoms with Crippen LogP contribution in [-0.4, -0.2) is 35.5 Å². The predicted octanol–water partition coefficient (Wildman–Crippen LogP) is 1.35. The largest absolute Gasteiger partial charge is 0.463 e. The summed E-state index contributed by atoms with van der Waals surface area (Å²) < 4.78 is 4.94. The Morgan fingerprint density at radius 3 is 2.31 bits per heavy atom. The Morgan fingerprint density at radius 2 is 1.94 bits per heavy atom. The highest BCUT2D eigenvalue weighted by atomic mass is 16.5.